The lowest BCUT2D eigenvalue weighted by Crippen LogP contribution is -2.24. The average molecular weight is 188 g/mol. The van der Waals surface area contributed by atoms with Crippen molar-refractivity contribution in [2.45, 2.75) is 0 Å². The summed E-state index contributed by atoms with van der Waals surface area (Å²) in [5, 5.41) is 28.4. The average Bonchev–Trinajstić information content (AvgIpc) is 2.34. The van der Waals surface area contributed by atoms with Crippen molar-refractivity contribution in [3.05, 3.63) is 20.2 Å². The minimum Gasteiger partial charge on any atom is -0.344 e. The predicted octanol–water partition coefficient (Wildman–Crippen LogP) is -1.68. The molecule has 1 aliphatic heterocycles. The summed E-state index contributed by atoms with van der Waals surface area (Å²) in [6.07, 6.45) is 0. The fraction of sp³-hybridized carbons (Fsp3) is 0.333. The molecule has 0 aromatic heterocycles. The molecule has 70 valence electrons. The van der Waals surface area contributed by atoms with Crippen molar-refractivity contribution in [3.8, 4) is 0 Å². The number of nitrogens with one attached hydrogen (secondary N) is 2. The maximum absolute atomic E-state index is 9.91. The van der Waals surface area contributed by atoms with Crippen molar-refractivity contribution in [1.82, 2.24) is 10.6 Å². The van der Waals surface area contributed by atoms with E-state index < -0.39 is 10.1 Å². The van der Waals surface area contributed by atoms with E-state index in [0.717, 1.165) is 0 Å². The number of nitrogens with zero attached hydrogens (tertiary/aromatic N) is 4. The largest absolute Gasteiger partial charge is 0.344 e. The number of nitro groups is 2. The first-order valence-electron chi connectivity index (χ1n) is 3.03. The molecule has 0 radical (unpaired) electrons. The van der Waals surface area contributed by atoms with Gasteiger partial charge >= 0.3 is 0 Å². The molecule has 1 rings (SSSR count). The van der Waals surface area contributed by atoms with Gasteiger partial charge in [-0.05, 0) is 0 Å². The van der Waals surface area contributed by atoms with Gasteiger partial charge in [0.25, 0.3) is 11.7 Å². The first kappa shape index (κ1) is 8.83. The second-order valence-electron chi connectivity index (χ2n) is 1.90. The van der Waals surface area contributed by atoms with Gasteiger partial charge in [-0.3, -0.25) is 0 Å². The van der Waals surface area contributed by atoms with Crippen LogP contribution in [0.15, 0.2) is 10.2 Å². The van der Waals surface area contributed by atoms with Gasteiger partial charge in [-0.25, -0.2) is 20.2 Å². The molecular weight excluding hydrogens is 184 g/mol. The van der Waals surface area contributed by atoms with Crippen molar-refractivity contribution in [2.75, 3.05) is 6.67 Å². The van der Waals surface area contributed by atoms with Crippen LogP contribution in [-0.2, 0) is 0 Å². The van der Waals surface area contributed by atoms with Crippen molar-refractivity contribution >= 4 is 11.7 Å². The van der Waals surface area contributed by atoms with Gasteiger partial charge in [0.05, 0.1) is 16.9 Å². The van der Waals surface area contributed by atoms with E-state index in [-0.39, 0.29) is 18.3 Å². The molecule has 10 heteroatoms. The van der Waals surface area contributed by atoms with E-state index in [1.807, 2.05) is 0 Å². The van der Waals surface area contributed by atoms with Crippen LogP contribution >= 0.6 is 0 Å². The van der Waals surface area contributed by atoms with Crippen LogP contribution in [0.4, 0.5) is 0 Å². The van der Waals surface area contributed by atoms with Crippen LogP contribution in [0.2, 0.25) is 0 Å². The van der Waals surface area contributed by atoms with E-state index in [0.29, 0.717) is 0 Å². The quantitative estimate of drug-likeness (QED) is 0.392. The van der Waals surface area contributed by atoms with Gasteiger partial charge in [0.1, 0.15) is 0 Å². The molecule has 2 N–H and O–H groups in total. The highest BCUT2D eigenvalue weighted by Gasteiger charge is 2.22. The number of amidine groups is 2. The van der Waals surface area contributed by atoms with Crippen LogP contribution in [0.3, 0.4) is 0 Å². The lowest BCUT2D eigenvalue weighted by molar-refractivity contribution is -0.486. The summed E-state index contributed by atoms with van der Waals surface area (Å²) in [5.74, 6) is -0.497. The van der Waals surface area contributed by atoms with Crippen molar-refractivity contribution in [2.24, 2.45) is 10.2 Å². The van der Waals surface area contributed by atoms with Gasteiger partial charge in [-0.2, -0.15) is 0 Å². The monoisotopic (exact) mass is 188 g/mol. The molecule has 0 spiro atoms. The molecule has 0 aromatic rings. The van der Waals surface area contributed by atoms with Crippen molar-refractivity contribution in [3.63, 3.8) is 0 Å². The summed E-state index contributed by atoms with van der Waals surface area (Å²) in [6, 6.07) is 0. The van der Waals surface area contributed by atoms with E-state index in [9.17, 15) is 20.2 Å². The topological polar surface area (TPSA) is 135 Å². The third-order valence-corrected chi connectivity index (χ3v) is 1.10. The summed E-state index contributed by atoms with van der Waals surface area (Å²) in [4.78, 5) is 19.8. The summed E-state index contributed by atoms with van der Waals surface area (Å²) in [6.45, 7) is 0.124. The van der Waals surface area contributed by atoms with E-state index in [4.69, 9.17) is 0 Å². The van der Waals surface area contributed by atoms with Crippen LogP contribution in [0.5, 0.6) is 0 Å². The lowest BCUT2D eigenvalue weighted by Gasteiger charge is -1.87. The van der Waals surface area contributed by atoms with Gasteiger partial charge in [-0.15, -0.1) is 0 Å². The third kappa shape index (κ3) is 2.36. The number of hydrazone groups is 2. The van der Waals surface area contributed by atoms with E-state index >= 15 is 0 Å². The number of rotatable bonds is 2. The lowest BCUT2D eigenvalue weighted by atomic mass is 10.6. The summed E-state index contributed by atoms with van der Waals surface area (Å²) >= 11 is 0. The van der Waals surface area contributed by atoms with E-state index in [1.54, 1.807) is 0 Å². The Morgan fingerprint density at radius 3 is 1.77 bits per heavy atom. The summed E-state index contributed by atoms with van der Waals surface area (Å²) < 4.78 is 0. The molecule has 1 heterocycles. The first-order valence-corrected chi connectivity index (χ1v) is 3.03. The second kappa shape index (κ2) is 3.42. The summed E-state index contributed by atoms with van der Waals surface area (Å²) in [5.41, 5.74) is 0. The van der Waals surface area contributed by atoms with Gasteiger partial charge in [0.2, 0.25) is 0 Å². The zero-order valence-corrected chi connectivity index (χ0v) is 6.13. The van der Waals surface area contributed by atoms with Crippen molar-refractivity contribution < 1.29 is 10.1 Å². The molecule has 0 saturated carbocycles. The van der Waals surface area contributed by atoms with Crippen LogP contribution in [0.25, 0.3) is 0 Å². The first-order chi connectivity index (χ1) is 6.09. The van der Waals surface area contributed by atoms with Crippen LogP contribution in [0, 0.1) is 20.2 Å². The fourth-order valence-electron chi connectivity index (χ4n) is 0.708. The third-order valence-electron chi connectivity index (χ3n) is 1.10. The Kier molecular flexibility index (Phi) is 2.33. The van der Waals surface area contributed by atoms with Gasteiger partial charge < -0.3 is 10.6 Å². The van der Waals surface area contributed by atoms with Crippen molar-refractivity contribution in [1.29, 1.82) is 0 Å². The number of hydrogen-bond acceptors (Lipinski definition) is 4. The molecular formula is C3H4N6O4. The Balaban J connectivity index is 2.87. The molecule has 0 bridgehead atoms. The van der Waals surface area contributed by atoms with Crippen LogP contribution < -0.4 is 10.6 Å². The molecule has 1 aliphatic rings. The fourth-order valence-corrected chi connectivity index (χ4v) is 0.708. The zero-order chi connectivity index (χ0) is 9.84. The minimum atomic E-state index is -0.967. The molecule has 1 fully saturated rings. The van der Waals surface area contributed by atoms with E-state index in [1.165, 1.54) is 0 Å². The smallest absolute Gasteiger partial charge is 0.251 e. The zero-order valence-electron chi connectivity index (χ0n) is 6.13. The molecule has 0 amide bonds. The Morgan fingerprint density at radius 2 is 1.46 bits per heavy atom. The van der Waals surface area contributed by atoms with Crippen LogP contribution in [0.1, 0.15) is 0 Å². The highest BCUT2D eigenvalue weighted by atomic mass is 16.7. The predicted molar refractivity (Wildman–Crippen MR) is 40.0 cm³/mol. The Morgan fingerprint density at radius 1 is 1.08 bits per heavy atom. The Hall–Kier alpha value is -2.26. The standard InChI is InChI=1S/C3H4N6O4/c10-8(11)6-2-3(5-1-4-2)7-9(12)13/h1H2,(H,4,6)(H,5,7). The molecule has 10 nitrogen and oxygen atoms in total. The Bertz CT molecular complexity index is 277. The maximum atomic E-state index is 9.91. The maximum Gasteiger partial charge on any atom is 0.251 e. The molecule has 0 unspecified atom stereocenters. The van der Waals surface area contributed by atoms with Gasteiger partial charge in [0.15, 0.2) is 10.1 Å². The van der Waals surface area contributed by atoms with Gasteiger partial charge in [0, 0.05) is 0 Å². The highest BCUT2D eigenvalue weighted by Crippen LogP contribution is 1.87. The molecule has 0 atom stereocenters. The van der Waals surface area contributed by atoms with E-state index in [2.05, 4.69) is 20.8 Å². The second-order valence-corrected chi connectivity index (χ2v) is 1.90. The van der Waals surface area contributed by atoms with Crippen LogP contribution in [-0.4, -0.2) is 28.4 Å². The molecule has 13 heavy (non-hydrogen) atoms. The highest BCUT2D eigenvalue weighted by molar-refractivity contribution is 6.41. The number of hydrogen-bond donors (Lipinski definition) is 2. The Labute approximate surface area is 70.6 Å². The minimum absolute atomic E-state index is 0.124. The molecule has 0 aliphatic carbocycles. The summed E-state index contributed by atoms with van der Waals surface area (Å²) in [7, 11) is 0. The SMILES string of the molecule is O=[N+]([O-])N=C1NCNC1=N[N+](=O)[O-]. The normalized spacial score (nSPS) is 21.2. The molecule has 0 aromatic carbocycles. The molecule has 1 saturated heterocycles. The van der Waals surface area contributed by atoms with Gasteiger partial charge in [-0.1, -0.05) is 0 Å².